The summed E-state index contributed by atoms with van der Waals surface area (Å²) in [6.45, 7) is 8.18. The molecule has 7 nitrogen and oxygen atoms in total. The highest BCUT2D eigenvalue weighted by atomic mass is 35.5. The van der Waals surface area contributed by atoms with E-state index in [-0.39, 0.29) is 0 Å². The van der Waals surface area contributed by atoms with Gasteiger partial charge in [0.25, 0.3) is 0 Å². The molecule has 0 N–H and O–H groups in total. The fourth-order valence-corrected chi connectivity index (χ4v) is 4.12. The van der Waals surface area contributed by atoms with Crippen molar-refractivity contribution in [3.05, 3.63) is 42.1 Å². The summed E-state index contributed by atoms with van der Waals surface area (Å²) >= 11 is 6.18. The van der Waals surface area contributed by atoms with Crippen LogP contribution in [-0.2, 0) is 11.5 Å². The van der Waals surface area contributed by atoms with Gasteiger partial charge in [-0.3, -0.25) is 4.40 Å². The molecule has 4 aromatic rings. The van der Waals surface area contributed by atoms with Crippen molar-refractivity contribution in [2.75, 3.05) is 13.7 Å². The molecule has 9 heteroatoms. The van der Waals surface area contributed by atoms with Crippen LogP contribution in [-0.4, -0.2) is 45.9 Å². The zero-order valence-electron chi connectivity index (χ0n) is 17.0. The maximum Gasteiger partial charge on any atom is 0.164 e. The largest absolute Gasteiger partial charge is 0.496 e. The third kappa shape index (κ3) is 4.14. The molecule has 0 atom stereocenters. The van der Waals surface area contributed by atoms with Crippen LogP contribution in [0, 0.1) is 0 Å². The Bertz CT molecular complexity index is 1170. The van der Waals surface area contributed by atoms with E-state index in [0.717, 1.165) is 46.2 Å². The van der Waals surface area contributed by atoms with E-state index in [2.05, 4.69) is 34.8 Å². The summed E-state index contributed by atoms with van der Waals surface area (Å²) in [5.41, 5.74) is 3.43. The maximum absolute atomic E-state index is 6.18. The van der Waals surface area contributed by atoms with Gasteiger partial charge in [0.2, 0.25) is 0 Å². The van der Waals surface area contributed by atoms with Crippen LogP contribution in [0.1, 0.15) is 0 Å². The summed E-state index contributed by atoms with van der Waals surface area (Å²) in [5.74, 6) is 0.721. The van der Waals surface area contributed by atoms with Gasteiger partial charge < -0.3 is 14.0 Å². The topological polar surface area (TPSA) is 66.5 Å². The van der Waals surface area contributed by atoms with E-state index in [1.165, 1.54) is 0 Å². The Kier molecular flexibility index (Phi) is 5.33. The molecule has 4 heterocycles. The Morgan fingerprint density at radius 1 is 1.14 bits per heavy atom. The lowest BCUT2D eigenvalue weighted by atomic mass is 10.1. The second-order valence-corrected chi connectivity index (χ2v) is 14.2. The van der Waals surface area contributed by atoms with Crippen LogP contribution in [0.3, 0.4) is 0 Å². The third-order valence-corrected chi connectivity index (χ3v) is 6.73. The highest BCUT2D eigenvalue weighted by Gasteiger charge is 2.18. The molecule has 0 spiro atoms. The molecule has 4 aromatic heterocycles. The molecule has 0 saturated carbocycles. The van der Waals surface area contributed by atoms with Gasteiger partial charge in [0.1, 0.15) is 29.6 Å². The van der Waals surface area contributed by atoms with Gasteiger partial charge >= 0.3 is 0 Å². The number of halogens is 1. The average molecular weight is 430 g/mol. The molecule has 0 aliphatic rings. The summed E-state index contributed by atoms with van der Waals surface area (Å²) in [7, 11) is 0.513. The van der Waals surface area contributed by atoms with E-state index in [9.17, 15) is 0 Å². The minimum absolute atomic E-state index is 0.422. The highest BCUT2D eigenvalue weighted by Crippen LogP contribution is 2.36. The first kappa shape index (κ1) is 19.9. The van der Waals surface area contributed by atoms with Crippen molar-refractivity contribution in [2.45, 2.75) is 32.4 Å². The van der Waals surface area contributed by atoms with Crippen molar-refractivity contribution in [3.63, 3.8) is 0 Å². The van der Waals surface area contributed by atoms with Gasteiger partial charge in [-0.25, -0.2) is 4.98 Å². The van der Waals surface area contributed by atoms with E-state index >= 15 is 0 Å². The number of hydrogen-bond donors (Lipinski definition) is 0. The number of pyridine rings is 2. The van der Waals surface area contributed by atoms with Crippen LogP contribution in [0.4, 0.5) is 0 Å². The summed E-state index contributed by atoms with van der Waals surface area (Å²) in [6, 6.07) is 6.77. The lowest BCUT2D eigenvalue weighted by molar-refractivity contribution is 0.0899. The number of ether oxygens (including phenoxy) is 2. The van der Waals surface area contributed by atoms with Crippen LogP contribution in [0.5, 0.6) is 5.75 Å². The van der Waals surface area contributed by atoms with Crippen LogP contribution >= 0.6 is 11.6 Å². The Labute approximate surface area is 175 Å². The SMILES string of the molecule is COc1cc2nncn2cc1-c1cn(COCC[Si](C)(C)C)c2nc(Cl)ccc12. The molecule has 0 fully saturated rings. The zero-order chi connectivity index (χ0) is 20.6. The minimum atomic E-state index is -1.14. The number of methoxy groups -OCH3 is 1. The molecule has 29 heavy (non-hydrogen) atoms. The van der Waals surface area contributed by atoms with E-state index in [4.69, 9.17) is 21.1 Å². The maximum atomic E-state index is 6.18. The summed E-state index contributed by atoms with van der Waals surface area (Å²) in [5, 5.41) is 9.49. The number of nitrogens with zero attached hydrogens (tertiary/aromatic N) is 5. The summed E-state index contributed by atoms with van der Waals surface area (Å²) < 4.78 is 15.5. The van der Waals surface area contributed by atoms with Crippen LogP contribution in [0.15, 0.2) is 36.9 Å². The van der Waals surface area contributed by atoms with Crippen LogP contribution < -0.4 is 4.74 Å². The second-order valence-electron chi connectivity index (χ2n) is 8.22. The molecule has 152 valence electrons. The van der Waals surface area contributed by atoms with E-state index in [1.807, 2.05) is 33.5 Å². The molecule has 0 amide bonds. The predicted octanol–water partition coefficient (Wildman–Crippen LogP) is 4.72. The lowest BCUT2D eigenvalue weighted by Crippen LogP contribution is -2.22. The lowest BCUT2D eigenvalue weighted by Gasteiger charge is -2.15. The highest BCUT2D eigenvalue weighted by molar-refractivity contribution is 6.76. The van der Waals surface area contributed by atoms with Gasteiger partial charge in [-0.1, -0.05) is 31.2 Å². The van der Waals surface area contributed by atoms with Gasteiger partial charge in [-0.15, -0.1) is 10.2 Å². The van der Waals surface area contributed by atoms with E-state index in [0.29, 0.717) is 11.9 Å². The zero-order valence-corrected chi connectivity index (χ0v) is 18.8. The van der Waals surface area contributed by atoms with Crippen molar-refractivity contribution in [1.29, 1.82) is 0 Å². The molecule has 0 aromatic carbocycles. The Balaban J connectivity index is 1.75. The monoisotopic (exact) mass is 429 g/mol. The van der Waals surface area contributed by atoms with Gasteiger partial charge in [0.05, 0.1) is 7.11 Å². The first-order valence-corrected chi connectivity index (χ1v) is 13.5. The molecule has 0 saturated heterocycles. The average Bonchev–Trinajstić information content (AvgIpc) is 3.27. The van der Waals surface area contributed by atoms with Gasteiger partial charge in [-0.2, -0.15) is 0 Å². The Morgan fingerprint density at radius 3 is 2.72 bits per heavy atom. The normalized spacial score (nSPS) is 12.2. The van der Waals surface area contributed by atoms with E-state index < -0.39 is 8.07 Å². The van der Waals surface area contributed by atoms with Crippen molar-refractivity contribution in [1.82, 2.24) is 24.1 Å². The summed E-state index contributed by atoms with van der Waals surface area (Å²) in [6.07, 6.45) is 5.68. The quantitative estimate of drug-likeness (QED) is 0.241. The molecular weight excluding hydrogens is 406 g/mol. The number of rotatable bonds is 7. The molecule has 0 aliphatic carbocycles. The number of hydrogen-bond acceptors (Lipinski definition) is 5. The van der Waals surface area contributed by atoms with Crippen molar-refractivity contribution < 1.29 is 9.47 Å². The fraction of sp³-hybridized carbons (Fsp3) is 0.350. The molecular formula is C20H24ClN5O2Si. The third-order valence-electron chi connectivity index (χ3n) is 4.82. The molecule has 0 aliphatic heterocycles. The van der Waals surface area contributed by atoms with Gasteiger partial charge in [0, 0.05) is 49.7 Å². The van der Waals surface area contributed by atoms with E-state index in [1.54, 1.807) is 19.5 Å². The number of fused-ring (bicyclic) bond motifs is 2. The van der Waals surface area contributed by atoms with Gasteiger partial charge in [-0.05, 0) is 18.2 Å². The molecule has 4 rings (SSSR count). The van der Waals surface area contributed by atoms with Crippen molar-refractivity contribution in [2.24, 2.45) is 0 Å². The first-order chi connectivity index (χ1) is 13.9. The Hall–Kier alpha value is -2.42. The standard InChI is InChI=1S/C20H24ClN5O2Si/c1-27-17-9-19-24-22-12-25(19)11-16(17)15-10-26(13-28-7-8-29(2,3)4)20-14(15)5-6-18(21)23-20/h5-6,9-12H,7-8,13H2,1-4H3. The van der Waals surface area contributed by atoms with Crippen molar-refractivity contribution >= 4 is 36.4 Å². The molecule has 0 unspecified atom stereocenters. The number of aromatic nitrogens is 5. The molecule has 0 radical (unpaired) electrons. The smallest absolute Gasteiger partial charge is 0.164 e. The molecule has 0 bridgehead atoms. The second kappa shape index (κ2) is 7.77. The fourth-order valence-electron chi connectivity index (χ4n) is 3.22. The minimum Gasteiger partial charge on any atom is -0.496 e. The van der Waals surface area contributed by atoms with Crippen LogP contribution in [0.25, 0.3) is 27.8 Å². The predicted molar refractivity (Wildman–Crippen MR) is 117 cm³/mol. The Morgan fingerprint density at radius 2 is 1.97 bits per heavy atom. The van der Waals surface area contributed by atoms with Crippen molar-refractivity contribution in [3.8, 4) is 16.9 Å². The first-order valence-electron chi connectivity index (χ1n) is 9.46. The van der Waals surface area contributed by atoms with Gasteiger partial charge in [0.15, 0.2) is 5.65 Å². The summed E-state index contributed by atoms with van der Waals surface area (Å²) in [4.78, 5) is 4.54. The van der Waals surface area contributed by atoms with Crippen LogP contribution in [0.2, 0.25) is 30.8 Å².